The second kappa shape index (κ2) is 33.3. The van der Waals surface area contributed by atoms with Crippen molar-refractivity contribution in [1.82, 2.24) is 5.32 Å². The highest BCUT2D eigenvalue weighted by Crippen LogP contribution is 2.23. The van der Waals surface area contributed by atoms with E-state index in [2.05, 4.69) is 19.2 Å². The molecule has 0 spiro atoms. The molecule has 7 N–H and O–H groups in total. The monoisotopic (exact) mass is 760 g/mol. The van der Waals surface area contributed by atoms with Crippen LogP contribution in [0, 0.1) is 5.92 Å². The molecule has 0 aliphatic carbocycles. The Morgan fingerprint density at radius 2 is 1.00 bits per heavy atom. The summed E-state index contributed by atoms with van der Waals surface area (Å²) in [4.78, 5) is 13.3. The fourth-order valence-corrected chi connectivity index (χ4v) is 7.36. The average molecular weight is 760 g/mol. The molecule has 1 rings (SSSR count). The quantitative estimate of drug-likeness (QED) is 0.0318. The smallest absolute Gasteiger partial charge is 0.223 e. The van der Waals surface area contributed by atoms with E-state index in [1.807, 2.05) is 6.92 Å². The minimum absolute atomic E-state index is 0.251. The van der Waals surface area contributed by atoms with Gasteiger partial charge in [-0.3, -0.25) is 4.79 Å². The van der Waals surface area contributed by atoms with Crippen molar-refractivity contribution in [1.29, 1.82) is 0 Å². The number of unbranched alkanes of at least 4 members (excludes halogenated alkanes) is 24. The van der Waals surface area contributed by atoms with E-state index in [1.54, 1.807) is 0 Å². The highest BCUT2D eigenvalue weighted by Gasteiger charge is 2.44. The van der Waals surface area contributed by atoms with Crippen LogP contribution in [0.4, 0.5) is 0 Å². The Labute approximate surface area is 324 Å². The molecule has 1 heterocycles. The number of hydrogen-bond donors (Lipinski definition) is 7. The molecule has 316 valence electrons. The Bertz CT molecular complexity index is 834. The van der Waals surface area contributed by atoms with E-state index in [-0.39, 0.29) is 18.4 Å². The van der Waals surface area contributed by atoms with E-state index in [9.17, 15) is 35.4 Å². The Hall–Kier alpha value is -0.850. The summed E-state index contributed by atoms with van der Waals surface area (Å²) in [6.45, 7) is 5.45. The van der Waals surface area contributed by atoms with Crippen LogP contribution in [-0.2, 0) is 14.3 Å². The van der Waals surface area contributed by atoms with Crippen molar-refractivity contribution < 1.29 is 44.9 Å². The first-order valence-electron chi connectivity index (χ1n) is 22.3. The van der Waals surface area contributed by atoms with Gasteiger partial charge in [0, 0.05) is 5.92 Å². The molecule has 0 saturated carbocycles. The van der Waals surface area contributed by atoms with Crippen LogP contribution in [-0.4, -0.2) is 98.7 Å². The Morgan fingerprint density at radius 1 is 0.604 bits per heavy atom. The summed E-state index contributed by atoms with van der Waals surface area (Å²) < 4.78 is 11.2. The summed E-state index contributed by atoms with van der Waals surface area (Å²) >= 11 is 0. The van der Waals surface area contributed by atoms with E-state index in [0.29, 0.717) is 12.8 Å². The Kier molecular flexibility index (Phi) is 31.5. The maximum Gasteiger partial charge on any atom is 0.223 e. The minimum Gasteiger partial charge on any atom is -0.394 e. The van der Waals surface area contributed by atoms with Crippen molar-refractivity contribution in [2.45, 2.75) is 250 Å². The van der Waals surface area contributed by atoms with Crippen LogP contribution in [0.3, 0.4) is 0 Å². The molecule has 0 aromatic carbocycles. The van der Waals surface area contributed by atoms with Crippen molar-refractivity contribution in [3.63, 3.8) is 0 Å². The number of carbonyl (C=O) groups excluding carboxylic acids is 1. The second-order valence-electron chi connectivity index (χ2n) is 16.2. The van der Waals surface area contributed by atoms with Gasteiger partial charge in [0.2, 0.25) is 5.91 Å². The van der Waals surface area contributed by atoms with E-state index in [4.69, 9.17) is 9.47 Å². The number of ether oxygens (including phenoxy) is 2. The highest BCUT2D eigenvalue weighted by atomic mass is 16.7. The van der Waals surface area contributed by atoms with Gasteiger partial charge in [0.15, 0.2) is 6.29 Å². The highest BCUT2D eigenvalue weighted by molar-refractivity contribution is 5.78. The van der Waals surface area contributed by atoms with Gasteiger partial charge in [0.05, 0.1) is 25.4 Å². The van der Waals surface area contributed by atoms with E-state index in [0.717, 1.165) is 44.9 Å². The van der Waals surface area contributed by atoms with Gasteiger partial charge in [-0.2, -0.15) is 0 Å². The third-order valence-corrected chi connectivity index (χ3v) is 11.2. The lowest BCUT2D eigenvalue weighted by Gasteiger charge is -2.40. The SMILES string of the molecule is CCCCCCCCCCCCCCCC[C@H](C)C(=O)N[C@@H](CO[C@H]1O[C@H](CO)[C@H](O)[C@H](O)[C@H]1O)[C@H](O)[C@H](O)CCCCCCCCCCCCCC. The fourth-order valence-electron chi connectivity index (χ4n) is 7.36. The third-order valence-electron chi connectivity index (χ3n) is 11.2. The van der Waals surface area contributed by atoms with Gasteiger partial charge in [0.1, 0.15) is 30.5 Å². The molecule has 0 unspecified atom stereocenters. The molecule has 1 amide bonds. The lowest BCUT2D eigenvalue weighted by Crippen LogP contribution is -2.60. The van der Waals surface area contributed by atoms with Gasteiger partial charge in [0.25, 0.3) is 0 Å². The first-order valence-corrected chi connectivity index (χ1v) is 22.3. The summed E-state index contributed by atoms with van der Waals surface area (Å²) in [7, 11) is 0. The summed E-state index contributed by atoms with van der Waals surface area (Å²) in [5, 5.41) is 65.3. The zero-order valence-corrected chi connectivity index (χ0v) is 34.3. The zero-order chi connectivity index (χ0) is 39.1. The number of nitrogens with one attached hydrogen (secondary N) is 1. The number of aliphatic hydroxyl groups excluding tert-OH is 6. The molecule has 53 heavy (non-hydrogen) atoms. The first-order chi connectivity index (χ1) is 25.7. The van der Waals surface area contributed by atoms with Gasteiger partial charge in [-0.05, 0) is 12.8 Å². The predicted octanol–water partition coefficient (Wildman–Crippen LogP) is 7.61. The van der Waals surface area contributed by atoms with Gasteiger partial charge < -0.3 is 45.4 Å². The maximum atomic E-state index is 13.3. The van der Waals surface area contributed by atoms with Crippen LogP contribution in [0.5, 0.6) is 0 Å². The van der Waals surface area contributed by atoms with Crippen LogP contribution < -0.4 is 5.32 Å². The molecule has 1 aliphatic rings. The van der Waals surface area contributed by atoms with Gasteiger partial charge in [-0.15, -0.1) is 0 Å². The Balaban J connectivity index is 2.49. The van der Waals surface area contributed by atoms with Gasteiger partial charge >= 0.3 is 0 Å². The summed E-state index contributed by atoms with van der Waals surface area (Å²) in [6, 6.07) is -0.999. The zero-order valence-electron chi connectivity index (χ0n) is 34.3. The maximum absolute atomic E-state index is 13.3. The molecular weight excluding hydrogens is 674 g/mol. The van der Waals surface area contributed by atoms with E-state index >= 15 is 0 Å². The van der Waals surface area contributed by atoms with Crippen molar-refractivity contribution in [2.24, 2.45) is 5.92 Å². The fraction of sp³-hybridized carbons (Fsp3) is 0.977. The Morgan fingerprint density at radius 3 is 1.42 bits per heavy atom. The molecule has 10 nitrogen and oxygen atoms in total. The molecule has 10 heteroatoms. The second-order valence-corrected chi connectivity index (χ2v) is 16.2. The molecule has 0 bridgehead atoms. The number of carbonyl (C=O) groups is 1. The van der Waals surface area contributed by atoms with Gasteiger partial charge in [-0.1, -0.05) is 188 Å². The van der Waals surface area contributed by atoms with Crippen LogP contribution in [0.15, 0.2) is 0 Å². The first kappa shape index (κ1) is 50.2. The normalized spacial score (nSPS) is 22.8. The molecule has 1 saturated heterocycles. The lowest BCUT2D eigenvalue weighted by atomic mass is 9.97. The molecule has 1 fully saturated rings. The van der Waals surface area contributed by atoms with Crippen LogP contribution in [0.1, 0.15) is 201 Å². The molecule has 1 aliphatic heterocycles. The van der Waals surface area contributed by atoms with Gasteiger partial charge in [-0.25, -0.2) is 0 Å². The van der Waals surface area contributed by atoms with Crippen LogP contribution >= 0.6 is 0 Å². The molecule has 0 radical (unpaired) electrons. The summed E-state index contributed by atoms with van der Waals surface area (Å²) in [6.07, 6.45) is 23.5. The molecule has 9 atom stereocenters. The summed E-state index contributed by atoms with van der Waals surface area (Å²) in [5.74, 6) is -0.554. The summed E-state index contributed by atoms with van der Waals surface area (Å²) in [5.41, 5.74) is 0. The van der Waals surface area contributed by atoms with Crippen molar-refractivity contribution in [3.8, 4) is 0 Å². The molecular formula is C43H85NO9. The third kappa shape index (κ3) is 23.7. The van der Waals surface area contributed by atoms with Crippen LogP contribution in [0.2, 0.25) is 0 Å². The van der Waals surface area contributed by atoms with E-state index < -0.39 is 55.6 Å². The molecule has 0 aromatic rings. The van der Waals surface area contributed by atoms with Crippen LogP contribution in [0.25, 0.3) is 0 Å². The number of rotatable bonds is 36. The average Bonchev–Trinajstić information content (AvgIpc) is 3.16. The number of aliphatic hydroxyl groups is 6. The van der Waals surface area contributed by atoms with Crippen molar-refractivity contribution in [2.75, 3.05) is 13.2 Å². The van der Waals surface area contributed by atoms with E-state index in [1.165, 1.54) is 122 Å². The minimum atomic E-state index is -1.61. The number of hydrogen-bond acceptors (Lipinski definition) is 9. The largest absolute Gasteiger partial charge is 0.394 e. The lowest BCUT2D eigenvalue weighted by molar-refractivity contribution is -0.303. The predicted molar refractivity (Wildman–Crippen MR) is 213 cm³/mol. The topological polar surface area (TPSA) is 169 Å². The standard InChI is InChI=1S/C43H85NO9/c1-4-6-8-10-12-14-16-18-19-20-22-24-26-28-30-34(3)42(51)44-35(33-52-43-41(50)40(49)39(48)37(32-45)53-43)38(47)36(46)31-29-27-25-23-21-17-15-13-11-9-7-5-2/h34-41,43,45-50H,4-33H2,1-3H3,(H,44,51)/t34-,35-,36+,37+,38-,39-,40-,41+,43-/m0/s1. The van der Waals surface area contributed by atoms with Crippen molar-refractivity contribution >= 4 is 5.91 Å². The van der Waals surface area contributed by atoms with Crippen molar-refractivity contribution in [3.05, 3.63) is 0 Å². The molecule has 0 aromatic heterocycles. The number of amides is 1.